The number of ether oxygens (including phenoxy) is 1. The lowest BCUT2D eigenvalue weighted by Gasteiger charge is -2.25. The van der Waals surface area contributed by atoms with Gasteiger partial charge in [0.1, 0.15) is 5.75 Å². The molecule has 1 aliphatic heterocycles. The average Bonchev–Trinajstić information content (AvgIpc) is 3.37. The highest BCUT2D eigenvalue weighted by atomic mass is 32.1. The van der Waals surface area contributed by atoms with Crippen molar-refractivity contribution in [1.29, 1.82) is 0 Å². The van der Waals surface area contributed by atoms with Gasteiger partial charge in [-0.05, 0) is 24.3 Å². The molecule has 0 spiro atoms. The van der Waals surface area contributed by atoms with Crippen LogP contribution in [0.4, 0.5) is 10.8 Å². The van der Waals surface area contributed by atoms with Crippen molar-refractivity contribution in [1.82, 2.24) is 9.88 Å². The summed E-state index contributed by atoms with van der Waals surface area (Å²) >= 11 is 1.43. The number of methoxy groups -OCH3 is 1. The van der Waals surface area contributed by atoms with E-state index in [1.807, 2.05) is 18.2 Å². The third-order valence-electron chi connectivity index (χ3n) is 4.50. The van der Waals surface area contributed by atoms with Gasteiger partial charge in [-0.25, -0.2) is 4.98 Å². The highest BCUT2D eigenvalue weighted by Gasteiger charge is 2.23. The third kappa shape index (κ3) is 4.64. The standard InChI is InChI=1S/C20H20N4O4S/c1-27-14-5-2-4-13(10-14)21-18(25)12-24-8-7-15-17(11-24)29-20(22-15)23-19(26)16-6-3-9-28-16/h2-6,9-10H,7-8,11-12H2,1H3,(H,21,25)(H,22,23,26). The van der Waals surface area contributed by atoms with Crippen LogP contribution in [0.1, 0.15) is 21.1 Å². The van der Waals surface area contributed by atoms with Gasteiger partial charge in [0.05, 0.1) is 25.6 Å². The average molecular weight is 412 g/mol. The first kappa shape index (κ1) is 19.2. The molecule has 150 valence electrons. The summed E-state index contributed by atoms with van der Waals surface area (Å²) in [6.45, 7) is 1.63. The molecule has 0 saturated carbocycles. The van der Waals surface area contributed by atoms with Gasteiger partial charge < -0.3 is 14.5 Å². The van der Waals surface area contributed by atoms with Crippen molar-refractivity contribution in [3.05, 3.63) is 59.0 Å². The molecule has 9 heteroatoms. The maximum absolute atomic E-state index is 12.4. The number of rotatable bonds is 6. The fraction of sp³-hybridized carbons (Fsp3) is 0.250. The van der Waals surface area contributed by atoms with Gasteiger partial charge in [0.15, 0.2) is 10.9 Å². The Balaban J connectivity index is 1.34. The number of hydrogen-bond donors (Lipinski definition) is 2. The zero-order chi connectivity index (χ0) is 20.2. The van der Waals surface area contributed by atoms with E-state index in [9.17, 15) is 9.59 Å². The molecule has 0 saturated heterocycles. The maximum Gasteiger partial charge on any atom is 0.293 e. The Hall–Kier alpha value is -3.17. The first-order valence-corrected chi connectivity index (χ1v) is 9.92. The molecule has 3 heterocycles. The van der Waals surface area contributed by atoms with Crippen molar-refractivity contribution in [2.75, 3.05) is 30.8 Å². The number of carbonyl (C=O) groups is 2. The number of carbonyl (C=O) groups excluding carboxylic acids is 2. The number of aromatic nitrogens is 1. The molecule has 0 fully saturated rings. The van der Waals surface area contributed by atoms with Gasteiger partial charge in [-0.3, -0.25) is 19.8 Å². The van der Waals surface area contributed by atoms with E-state index < -0.39 is 0 Å². The topological polar surface area (TPSA) is 96.7 Å². The highest BCUT2D eigenvalue weighted by molar-refractivity contribution is 7.15. The molecule has 0 atom stereocenters. The normalized spacial score (nSPS) is 13.6. The minimum atomic E-state index is -0.323. The SMILES string of the molecule is COc1cccc(NC(=O)CN2CCc3nc(NC(=O)c4ccco4)sc3C2)c1. The van der Waals surface area contributed by atoms with Crippen LogP contribution >= 0.6 is 11.3 Å². The van der Waals surface area contributed by atoms with Gasteiger partial charge in [0, 0.05) is 36.1 Å². The molecule has 3 aromatic rings. The van der Waals surface area contributed by atoms with E-state index in [0.717, 1.165) is 23.5 Å². The monoisotopic (exact) mass is 412 g/mol. The lowest BCUT2D eigenvalue weighted by molar-refractivity contribution is -0.117. The Morgan fingerprint density at radius 2 is 2.17 bits per heavy atom. The Morgan fingerprint density at radius 3 is 2.97 bits per heavy atom. The predicted molar refractivity (Wildman–Crippen MR) is 109 cm³/mol. The molecule has 0 aliphatic carbocycles. The minimum absolute atomic E-state index is 0.0856. The number of nitrogens with one attached hydrogen (secondary N) is 2. The number of hydrogen-bond acceptors (Lipinski definition) is 7. The van der Waals surface area contributed by atoms with Gasteiger partial charge in [-0.1, -0.05) is 6.07 Å². The minimum Gasteiger partial charge on any atom is -0.497 e. The van der Waals surface area contributed by atoms with Gasteiger partial charge in [0.2, 0.25) is 5.91 Å². The Bertz CT molecular complexity index is 1020. The lowest BCUT2D eigenvalue weighted by Crippen LogP contribution is -2.36. The molecule has 4 rings (SSSR count). The van der Waals surface area contributed by atoms with Crippen molar-refractivity contribution in [2.24, 2.45) is 0 Å². The van der Waals surface area contributed by atoms with Crippen LogP contribution in [0.2, 0.25) is 0 Å². The molecule has 0 unspecified atom stereocenters. The van der Waals surface area contributed by atoms with Crippen LogP contribution in [0.15, 0.2) is 47.1 Å². The zero-order valence-electron chi connectivity index (χ0n) is 15.8. The fourth-order valence-electron chi connectivity index (χ4n) is 3.11. The summed E-state index contributed by atoms with van der Waals surface area (Å²) in [5, 5.41) is 6.20. The Kier molecular flexibility index (Phi) is 5.59. The molecule has 1 aliphatic rings. The Morgan fingerprint density at radius 1 is 1.28 bits per heavy atom. The van der Waals surface area contributed by atoms with E-state index in [-0.39, 0.29) is 24.1 Å². The van der Waals surface area contributed by atoms with Crippen molar-refractivity contribution < 1.29 is 18.7 Å². The fourth-order valence-corrected chi connectivity index (χ4v) is 4.15. The number of nitrogens with zero attached hydrogens (tertiary/aromatic N) is 2. The molecule has 0 bridgehead atoms. The van der Waals surface area contributed by atoms with E-state index in [1.54, 1.807) is 25.3 Å². The maximum atomic E-state index is 12.4. The summed E-state index contributed by atoms with van der Waals surface area (Å²) in [5.74, 6) is 0.529. The molecular formula is C20H20N4O4S. The molecule has 2 amide bonds. The lowest BCUT2D eigenvalue weighted by atomic mass is 10.2. The number of benzene rings is 1. The second-order valence-electron chi connectivity index (χ2n) is 6.56. The van der Waals surface area contributed by atoms with Crippen molar-refractivity contribution in [3.63, 3.8) is 0 Å². The molecular weight excluding hydrogens is 392 g/mol. The predicted octanol–water partition coefficient (Wildman–Crippen LogP) is 2.99. The molecule has 1 aromatic carbocycles. The van der Waals surface area contributed by atoms with Crippen LogP contribution in [0.25, 0.3) is 0 Å². The second kappa shape index (κ2) is 8.46. The van der Waals surface area contributed by atoms with Gasteiger partial charge in [-0.2, -0.15) is 0 Å². The van der Waals surface area contributed by atoms with Crippen LogP contribution in [0.3, 0.4) is 0 Å². The third-order valence-corrected chi connectivity index (χ3v) is 5.49. The molecule has 0 radical (unpaired) electrons. The van der Waals surface area contributed by atoms with E-state index >= 15 is 0 Å². The van der Waals surface area contributed by atoms with Crippen LogP contribution in [0, 0.1) is 0 Å². The zero-order valence-corrected chi connectivity index (χ0v) is 16.6. The van der Waals surface area contributed by atoms with E-state index in [4.69, 9.17) is 9.15 Å². The van der Waals surface area contributed by atoms with Gasteiger partial charge >= 0.3 is 0 Å². The molecule has 2 N–H and O–H groups in total. The second-order valence-corrected chi connectivity index (χ2v) is 7.64. The van der Waals surface area contributed by atoms with Gasteiger partial charge in [0.25, 0.3) is 5.91 Å². The van der Waals surface area contributed by atoms with Crippen molar-refractivity contribution in [2.45, 2.75) is 13.0 Å². The van der Waals surface area contributed by atoms with Crippen LogP contribution in [0.5, 0.6) is 5.75 Å². The number of furan rings is 1. The number of amides is 2. The summed E-state index contributed by atoms with van der Waals surface area (Å²) in [6.07, 6.45) is 2.19. The molecule has 2 aromatic heterocycles. The van der Waals surface area contributed by atoms with E-state index in [1.165, 1.54) is 17.6 Å². The molecule has 29 heavy (non-hydrogen) atoms. The van der Waals surface area contributed by atoms with Crippen molar-refractivity contribution >= 4 is 34.0 Å². The summed E-state index contributed by atoms with van der Waals surface area (Å²) in [7, 11) is 1.59. The smallest absolute Gasteiger partial charge is 0.293 e. The first-order valence-electron chi connectivity index (χ1n) is 9.10. The highest BCUT2D eigenvalue weighted by Crippen LogP contribution is 2.28. The number of anilines is 2. The summed E-state index contributed by atoms with van der Waals surface area (Å²) in [4.78, 5) is 32.1. The van der Waals surface area contributed by atoms with Crippen LogP contribution < -0.4 is 15.4 Å². The quantitative estimate of drug-likeness (QED) is 0.646. The molecule has 8 nitrogen and oxygen atoms in total. The van der Waals surface area contributed by atoms with Crippen molar-refractivity contribution in [3.8, 4) is 5.75 Å². The number of fused-ring (bicyclic) bond motifs is 1. The summed E-state index contributed by atoms with van der Waals surface area (Å²) < 4.78 is 10.3. The van der Waals surface area contributed by atoms with Crippen LogP contribution in [-0.2, 0) is 17.8 Å². The first-order chi connectivity index (χ1) is 14.1. The largest absolute Gasteiger partial charge is 0.497 e. The van der Waals surface area contributed by atoms with E-state index in [2.05, 4.69) is 20.5 Å². The number of thiazole rings is 1. The van der Waals surface area contributed by atoms with Crippen LogP contribution in [-0.4, -0.2) is 41.9 Å². The Labute approximate surface area is 171 Å². The van der Waals surface area contributed by atoms with Gasteiger partial charge in [-0.15, -0.1) is 11.3 Å². The van der Waals surface area contributed by atoms with E-state index in [0.29, 0.717) is 23.1 Å². The summed E-state index contributed by atoms with van der Waals surface area (Å²) in [6, 6.07) is 10.5. The summed E-state index contributed by atoms with van der Waals surface area (Å²) in [5.41, 5.74) is 1.67.